The van der Waals surface area contributed by atoms with E-state index in [1.54, 1.807) is 26.0 Å². The molecule has 1 amide bonds. The Bertz CT molecular complexity index is 1100. The van der Waals surface area contributed by atoms with Crippen molar-refractivity contribution in [3.63, 3.8) is 0 Å². The molecule has 33 heavy (non-hydrogen) atoms. The number of carbonyl (C=O) groups is 1. The van der Waals surface area contributed by atoms with Crippen molar-refractivity contribution >= 4 is 23.4 Å². The van der Waals surface area contributed by atoms with Crippen molar-refractivity contribution in [2.75, 3.05) is 38.9 Å². The first-order valence-corrected chi connectivity index (χ1v) is 12.0. The van der Waals surface area contributed by atoms with Crippen molar-refractivity contribution in [2.24, 2.45) is 5.92 Å². The van der Waals surface area contributed by atoms with Crippen molar-refractivity contribution < 1.29 is 18.8 Å². The first-order valence-electron chi connectivity index (χ1n) is 10.8. The number of hydrogen-bond donors (Lipinski definition) is 1. The highest BCUT2D eigenvalue weighted by Crippen LogP contribution is 2.31. The van der Waals surface area contributed by atoms with Gasteiger partial charge in [0.2, 0.25) is 17.6 Å². The van der Waals surface area contributed by atoms with Gasteiger partial charge in [0.25, 0.3) is 0 Å². The Kier molecular flexibility index (Phi) is 7.51. The van der Waals surface area contributed by atoms with Gasteiger partial charge in [0.05, 0.1) is 20.8 Å². The number of hydrogen-bond acceptors (Lipinski definition) is 8. The summed E-state index contributed by atoms with van der Waals surface area (Å²) in [5.41, 5.74) is 1.64. The summed E-state index contributed by atoms with van der Waals surface area (Å²) in [5, 5.41) is 7.17. The van der Waals surface area contributed by atoms with Crippen molar-refractivity contribution in [2.45, 2.75) is 24.3 Å². The van der Waals surface area contributed by atoms with Crippen molar-refractivity contribution in [1.29, 1.82) is 0 Å². The summed E-state index contributed by atoms with van der Waals surface area (Å²) in [7, 11) is 3.19. The number of thioether (sulfide) groups is 1. The lowest BCUT2D eigenvalue weighted by Gasteiger charge is -2.30. The van der Waals surface area contributed by atoms with E-state index in [0.717, 1.165) is 42.1 Å². The van der Waals surface area contributed by atoms with Crippen LogP contribution in [0.2, 0.25) is 0 Å². The number of rotatable bonds is 8. The highest BCUT2D eigenvalue weighted by atomic mass is 32.2. The number of nitrogens with one attached hydrogen (secondary N) is 1. The lowest BCUT2D eigenvalue weighted by molar-refractivity contribution is -0.121. The van der Waals surface area contributed by atoms with Crippen molar-refractivity contribution in [3.8, 4) is 22.9 Å². The number of anilines is 1. The minimum absolute atomic E-state index is 0.00389. The molecular formula is C24H28N4O4S. The van der Waals surface area contributed by atoms with Crippen LogP contribution in [0.25, 0.3) is 11.4 Å². The fraction of sp³-hybridized carbons (Fsp3) is 0.375. The van der Waals surface area contributed by atoms with E-state index in [-0.39, 0.29) is 11.8 Å². The second-order valence-electron chi connectivity index (χ2n) is 7.85. The number of amides is 1. The Hall–Kier alpha value is -3.04. The molecule has 2 heterocycles. The molecule has 0 radical (unpaired) electrons. The molecule has 0 bridgehead atoms. The van der Waals surface area contributed by atoms with Crippen LogP contribution in [0.3, 0.4) is 0 Å². The van der Waals surface area contributed by atoms with Crippen LogP contribution in [-0.2, 0) is 11.3 Å². The van der Waals surface area contributed by atoms with Crippen LogP contribution in [0.15, 0.2) is 51.9 Å². The summed E-state index contributed by atoms with van der Waals surface area (Å²) in [6.45, 7) is 2.17. The largest absolute Gasteiger partial charge is 0.493 e. The van der Waals surface area contributed by atoms with Gasteiger partial charge in [-0.05, 0) is 68.6 Å². The fourth-order valence-corrected chi connectivity index (χ4v) is 4.36. The Morgan fingerprint density at radius 3 is 2.67 bits per heavy atom. The summed E-state index contributed by atoms with van der Waals surface area (Å²) < 4.78 is 16.1. The molecule has 1 aliphatic rings. The maximum absolute atomic E-state index is 12.7. The molecule has 0 saturated carbocycles. The van der Waals surface area contributed by atoms with Gasteiger partial charge in [-0.15, -0.1) is 11.8 Å². The number of nitrogens with zero attached hydrogens (tertiary/aromatic N) is 3. The van der Waals surface area contributed by atoms with Crippen LogP contribution in [0.4, 0.5) is 5.69 Å². The van der Waals surface area contributed by atoms with Crippen LogP contribution >= 0.6 is 11.8 Å². The predicted octanol–water partition coefficient (Wildman–Crippen LogP) is 4.33. The van der Waals surface area contributed by atoms with Gasteiger partial charge in [0.15, 0.2) is 11.5 Å². The van der Waals surface area contributed by atoms with E-state index < -0.39 is 0 Å². The maximum atomic E-state index is 12.7. The lowest BCUT2D eigenvalue weighted by Crippen LogP contribution is -2.37. The molecule has 9 heteroatoms. The van der Waals surface area contributed by atoms with E-state index in [1.165, 1.54) is 0 Å². The monoisotopic (exact) mass is 468 g/mol. The van der Waals surface area contributed by atoms with Gasteiger partial charge in [-0.3, -0.25) is 9.69 Å². The van der Waals surface area contributed by atoms with E-state index in [2.05, 4.69) is 20.4 Å². The standard InChI is InChI=1S/C24H28N4O4S/c1-30-20-8-7-17(13-21(20)31-2)23-26-22(32-27-23)15-28-11-9-16(10-12-28)24(29)25-18-5-4-6-19(14-18)33-3/h4-8,13-14,16H,9-12,15H2,1-3H3,(H,25,29). The van der Waals surface area contributed by atoms with Crippen LogP contribution in [0.5, 0.6) is 11.5 Å². The van der Waals surface area contributed by atoms with Crippen molar-refractivity contribution in [1.82, 2.24) is 15.0 Å². The van der Waals surface area contributed by atoms with Crippen molar-refractivity contribution in [3.05, 3.63) is 48.4 Å². The third-order valence-electron chi connectivity index (χ3n) is 5.76. The van der Waals surface area contributed by atoms with Gasteiger partial charge in [-0.25, -0.2) is 0 Å². The third-order valence-corrected chi connectivity index (χ3v) is 6.49. The molecule has 1 aliphatic heterocycles. The quantitative estimate of drug-likeness (QED) is 0.489. The molecule has 0 unspecified atom stereocenters. The number of ether oxygens (including phenoxy) is 2. The van der Waals surface area contributed by atoms with E-state index >= 15 is 0 Å². The number of likely N-dealkylation sites (tertiary alicyclic amines) is 1. The first-order chi connectivity index (χ1) is 16.1. The second-order valence-corrected chi connectivity index (χ2v) is 8.73. The molecule has 1 saturated heterocycles. The van der Waals surface area contributed by atoms with Gasteiger partial charge in [-0.1, -0.05) is 11.2 Å². The Morgan fingerprint density at radius 1 is 1.15 bits per heavy atom. The zero-order chi connectivity index (χ0) is 23.2. The third kappa shape index (κ3) is 5.66. The molecule has 0 atom stereocenters. The topological polar surface area (TPSA) is 89.7 Å². The molecule has 4 rings (SSSR count). The average Bonchev–Trinajstić information content (AvgIpc) is 3.32. The molecule has 2 aromatic carbocycles. The van der Waals surface area contributed by atoms with E-state index in [0.29, 0.717) is 29.8 Å². The summed E-state index contributed by atoms with van der Waals surface area (Å²) in [6, 6.07) is 13.4. The number of methoxy groups -OCH3 is 2. The molecule has 0 aliphatic carbocycles. The Balaban J connectivity index is 1.30. The molecular weight excluding hydrogens is 440 g/mol. The van der Waals surface area contributed by atoms with Crippen LogP contribution in [0, 0.1) is 5.92 Å². The van der Waals surface area contributed by atoms with Gasteiger partial charge in [0, 0.05) is 22.1 Å². The van der Waals surface area contributed by atoms with Crippen LogP contribution in [-0.4, -0.2) is 54.5 Å². The SMILES string of the molecule is COc1ccc(-c2noc(CN3CCC(C(=O)Nc4cccc(SC)c4)CC3)n2)cc1OC. The number of carbonyl (C=O) groups excluding carboxylic acids is 1. The van der Waals surface area contributed by atoms with E-state index in [4.69, 9.17) is 14.0 Å². The number of piperidine rings is 1. The second kappa shape index (κ2) is 10.7. The number of benzene rings is 2. The minimum atomic E-state index is 0.00389. The zero-order valence-electron chi connectivity index (χ0n) is 19.0. The van der Waals surface area contributed by atoms with Gasteiger partial charge in [0.1, 0.15) is 0 Å². The van der Waals surface area contributed by atoms with Crippen LogP contribution in [0.1, 0.15) is 18.7 Å². The molecule has 0 spiro atoms. The van der Waals surface area contributed by atoms with E-state index in [9.17, 15) is 4.79 Å². The maximum Gasteiger partial charge on any atom is 0.241 e. The Morgan fingerprint density at radius 2 is 1.94 bits per heavy atom. The first kappa shape index (κ1) is 23.1. The molecule has 174 valence electrons. The van der Waals surface area contributed by atoms with E-state index in [1.807, 2.05) is 48.7 Å². The summed E-state index contributed by atoms with van der Waals surface area (Å²) in [5.74, 6) is 2.41. The lowest BCUT2D eigenvalue weighted by atomic mass is 9.96. The molecule has 1 aromatic heterocycles. The zero-order valence-corrected chi connectivity index (χ0v) is 19.9. The highest BCUT2D eigenvalue weighted by Gasteiger charge is 2.26. The fourth-order valence-electron chi connectivity index (χ4n) is 3.90. The number of aromatic nitrogens is 2. The minimum Gasteiger partial charge on any atom is -0.493 e. The molecule has 3 aromatic rings. The Labute approximate surface area is 197 Å². The highest BCUT2D eigenvalue weighted by molar-refractivity contribution is 7.98. The van der Waals surface area contributed by atoms with Gasteiger partial charge < -0.3 is 19.3 Å². The predicted molar refractivity (Wildman–Crippen MR) is 128 cm³/mol. The normalized spacial score (nSPS) is 14.8. The van der Waals surface area contributed by atoms with Crippen LogP contribution < -0.4 is 14.8 Å². The summed E-state index contributed by atoms with van der Waals surface area (Å²) in [4.78, 5) is 20.6. The van der Waals surface area contributed by atoms with Gasteiger partial charge >= 0.3 is 0 Å². The van der Waals surface area contributed by atoms with Gasteiger partial charge in [-0.2, -0.15) is 4.98 Å². The summed E-state index contributed by atoms with van der Waals surface area (Å²) >= 11 is 1.66. The molecule has 1 fully saturated rings. The molecule has 1 N–H and O–H groups in total. The smallest absolute Gasteiger partial charge is 0.241 e. The molecule has 8 nitrogen and oxygen atoms in total. The summed E-state index contributed by atoms with van der Waals surface area (Å²) in [6.07, 6.45) is 3.62. The average molecular weight is 469 g/mol.